The zero-order chi connectivity index (χ0) is 18.4. The highest BCUT2D eigenvalue weighted by atomic mass is 35.5. The van der Waals surface area contributed by atoms with Crippen LogP contribution in [0.25, 0.3) is 22.0 Å². The van der Waals surface area contributed by atoms with Crippen molar-refractivity contribution in [1.29, 1.82) is 0 Å². The van der Waals surface area contributed by atoms with Crippen molar-refractivity contribution in [3.63, 3.8) is 0 Å². The van der Waals surface area contributed by atoms with Gasteiger partial charge in [-0.05, 0) is 12.5 Å². The number of nitrogens with zero attached hydrogens (tertiary/aromatic N) is 3. The average molecular weight is 397 g/mol. The minimum absolute atomic E-state index is 0. The number of amides is 1. The molecule has 2 aliphatic heterocycles. The lowest BCUT2D eigenvalue weighted by Gasteiger charge is -2.27. The van der Waals surface area contributed by atoms with E-state index in [0.717, 1.165) is 36.2 Å². The number of aromatic nitrogens is 2. The Morgan fingerprint density at radius 1 is 1.07 bits per heavy atom. The molecule has 1 aromatic heterocycles. The molecule has 2 atom stereocenters. The summed E-state index contributed by atoms with van der Waals surface area (Å²) >= 11 is 0. The third kappa shape index (κ3) is 3.08. The second kappa shape index (κ2) is 7.37. The van der Waals surface area contributed by atoms with E-state index in [2.05, 4.69) is 10.4 Å². The van der Waals surface area contributed by atoms with Gasteiger partial charge in [0.05, 0.1) is 11.1 Å². The molecule has 2 fully saturated rings. The van der Waals surface area contributed by atoms with Crippen LogP contribution in [-0.2, 0) is 11.3 Å². The van der Waals surface area contributed by atoms with Crippen LogP contribution < -0.4 is 10.9 Å². The highest BCUT2D eigenvalue weighted by Crippen LogP contribution is 2.25. The molecule has 7 heteroatoms. The van der Waals surface area contributed by atoms with Gasteiger partial charge >= 0.3 is 0 Å². The smallest absolute Gasteiger partial charge is 0.275 e. The van der Waals surface area contributed by atoms with E-state index in [4.69, 9.17) is 0 Å². The number of hydrogen-bond acceptors (Lipinski definition) is 4. The largest absolute Gasteiger partial charge is 0.335 e. The van der Waals surface area contributed by atoms with Crippen LogP contribution in [0.3, 0.4) is 0 Å². The van der Waals surface area contributed by atoms with Gasteiger partial charge in [0.2, 0.25) is 5.91 Å². The van der Waals surface area contributed by atoms with Gasteiger partial charge in [0.25, 0.3) is 5.56 Å². The van der Waals surface area contributed by atoms with Crippen molar-refractivity contribution in [3.8, 4) is 11.3 Å². The van der Waals surface area contributed by atoms with Crippen LogP contribution >= 0.6 is 12.4 Å². The number of nitrogens with one attached hydrogen (secondary N) is 1. The first kappa shape index (κ1) is 18.7. The second-order valence-corrected chi connectivity index (χ2v) is 7.26. The van der Waals surface area contributed by atoms with E-state index in [-0.39, 0.29) is 36.5 Å². The molecule has 0 aliphatic carbocycles. The van der Waals surface area contributed by atoms with Gasteiger partial charge < -0.3 is 10.2 Å². The summed E-state index contributed by atoms with van der Waals surface area (Å²) < 4.78 is 1.33. The SMILES string of the molecule is Cl.O=C(Cn1nc(-c2ccccc2)c2ccccc2c1=O)N1C[C@@H]2C[C@H]1CN2. The highest BCUT2D eigenvalue weighted by Gasteiger charge is 2.40. The van der Waals surface area contributed by atoms with Crippen LogP contribution in [0.1, 0.15) is 6.42 Å². The first-order chi connectivity index (χ1) is 13.2. The Balaban J connectivity index is 0.00000192. The molecular formula is C21H21ClN4O2. The van der Waals surface area contributed by atoms with Gasteiger partial charge in [0.1, 0.15) is 6.54 Å². The normalized spacial score (nSPS) is 20.4. The van der Waals surface area contributed by atoms with E-state index in [1.54, 1.807) is 6.07 Å². The molecule has 5 rings (SSSR count). The molecule has 0 saturated carbocycles. The molecule has 1 N–H and O–H groups in total. The molecule has 3 aromatic rings. The van der Waals surface area contributed by atoms with E-state index >= 15 is 0 Å². The fraction of sp³-hybridized carbons (Fsp3) is 0.286. The van der Waals surface area contributed by atoms with Crippen molar-refractivity contribution in [2.75, 3.05) is 13.1 Å². The molecule has 1 amide bonds. The van der Waals surface area contributed by atoms with Gasteiger partial charge in [-0.3, -0.25) is 9.59 Å². The lowest BCUT2D eigenvalue weighted by atomic mass is 10.1. The zero-order valence-electron chi connectivity index (χ0n) is 15.2. The molecule has 0 radical (unpaired) electrons. The van der Waals surface area contributed by atoms with Crippen molar-refractivity contribution in [3.05, 3.63) is 65.0 Å². The number of benzene rings is 2. The summed E-state index contributed by atoms with van der Waals surface area (Å²) in [5.41, 5.74) is 1.43. The topological polar surface area (TPSA) is 67.2 Å². The fourth-order valence-electron chi connectivity index (χ4n) is 4.24. The lowest BCUT2D eigenvalue weighted by Crippen LogP contribution is -2.48. The van der Waals surface area contributed by atoms with Gasteiger partial charge in [0.15, 0.2) is 0 Å². The number of fused-ring (bicyclic) bond motifs is 3. The van der Waals surface area contributed by atoms with Crippen molar-refractivity contribution < 1.29 is 4.79 Å². The maximum atomic E-state index is 12.9. The van der Waals surface area contributed by atoms with E-state index in [1.165, 1.54) is 4.68 Å². The van der Waals surface area contributed by atoms with Gasteiger partial charge in [0, 0.05) is 36.1 Å². The second-order valence-electron chi connectivity index (χ2n) is 7.26. The molecule has 2 saturated heterocycles. The summed E-state index contributed by atoms with van der Waals surface area (Å²) in [4.78, 5) is 27.7. The van der Waals surface area contributed by atoms with Crippen LogP contribution in [0.2, 0.25) is 0 Å². The number of rotatable bonds is 3. The van der Waals surface area contributed by atoms with Gasteiger partial charge in [-0.2, -0.15) is 5.10 Å². The Hall–Kier alpha value is -2.70. The Labute approximate surface area is 168 Å². The number of piperazine rings is 1. The number of hydrogen-bond donors (Lipinski definition) is 1. The number of carbonyl (C=O) groups excluding carboxylic acids is 1. The van der Waals surface area contributed by atoms with E-state index in [0.29, 0.717) is 11.4 Å². The molecule has 28 heavy (non-hydrogen) atoms. The predicted molar refractivity (Wildman–Crippen MR) is 111 cm³/mol. The zero-order valence-corrected chi connectivity index (χ0v) is 16.1. The number of halogens is 1. The molecule has 0 unspecified atom stereocenters. The molecule has 6 nitrogen and oxygen atoms in total. The molecule has 144 valence electrons. The summed E-state index contributed by atoms with van der Waals surface area (Å²) in [5, 5.41) is 9.37. The minimum atomic E-state index is -0.221. The standard InChI is InChI=1S/C21H20N4O2.ClH/c26-19(24-12-15-10-16(24)11-22-15)13-25-21(27)18-9-5-4-8-17(18)20(23-25)14-6-2-1-3-7-14;/h1-9,15-16,22H,10-13H2;1H/t15-,16-;/m0./s1. The van der Waals surface area contributed by atoms with Crippen LogP contribution in [0, 0.1) is 0 Å². The summed E-state index contributed by atoms with van der Waals surface area (Å²) in [6, 6.07) is 17.9. The fourth-order valence-corrected chi connectivity index (χ4v) is 4.24. The number of likely N-dealkylation sites (tertiary alicyclic amines) is 1. The summed E-state index contributed by atoms with van der Waals surface area (Å²) in [6.07, 6.45) is 1.00. The Kier molecular flexibility index (Phi) is 4.91. The van der Waals surface area contributed by atoms with E-state index in [9.17, 15) is 9.59 Å². The van der Waals surface area contributed by atoms with Gasteiger partial charge in [-0.1, -0.05) is 48.5 Å². The van der Waals surface area contributed by atoms with Crippen molar-refractivity contribution >= 4 is 29.1 Å². The molecule has 2 bridgehead atoms. The van der Waals surface area contributed by atoms with Crippen LogP contribution in [-0.4, -0.2) is 45.8 Å². The molecule has 0 spiro atoms. The predicted octanol–water partition coefficient (Wildman–Crippen LogP) is 2.06. The van der Waals surface area contributed by atoms with E-state index in [1.807, 2.05) is 53.4 Å². The lowest BCUT2D eigenvalue weighted by molar-refractivity contribution is -0.133. The summed E-state index contributed by atoms with van der Waals surface area (Å²) in [7, 11) is 0. The monoisotopic (exact) mass is 396 g/mol. The summed E-state index contributed by atoms with van der Waals surface area (Å²) in [6.45, 7) is 1.54. The van der Waals surface area contributed by atoms with Crippen molar-refractivity contribution in [1.82, 2.24) is 20.0 Å². The van der Waals surface area contributed by atoms with Crippen LogP contribution in [0.4, 0.5) is 0 Å². The first-order valence-electron chi connectivity index (χ1n) is 9.29. The average Bonchev–Trinajstić information content (AvgIpc) is 3.34. The molecule has 3 heterocycles. The number of carbonyl (C=O) groups is 1. The third-order valence-electron chi connectivity index (χ3n) is 5.58. The molecule has 2 aromatic carbocycles. The Morgan fingerprint density at radius 3 is 2.46 bits per heavy atom. The van der Waals surface area contributed by atoms with Gasteiger partial charge in [-0.15, -0.1) is 12.4 Å². The first-order valence-corrected chi connectivity index (χ1v) is 9.29. The van der Waals surface area contributed by atoms with Gasteiger partial charge in [-0.25, -0.2) is 4.68 Å². The minimum Gasteiger partial charge on any atom is -0.335 e. The Bertz CT molecular complexity index is 1080. The quantitative estimate of drug-likeness (QED) is 0.735. The van der Waals surface area contributed by atoms with Crippen LogP contribution in [0.15, 0.2) is 59.4 Å². The van der Waals surface area contributed by atoms with Crippen LogP contribution in [0.5, 0.6) is 0 Å². The highest BCUT2D eigenvalue weighted by molar-refractivity contribution is 5.93. The summed E-state index contributed by atoms with van der Waals surface area (Å²) in [5.74, 6) is -0.0344. The third-order valence-corrected chi connectivity index (χ3v) is 5.58. The maximum absolute atomic E-state index is 12.9. The maximum Gasteiger partial charge on any atom is 0.275 e. The Morgan fingerprint density at radius 2 is 1.79 bits per heavy atom. The van der Waals surface area contributed by atoms with E-state index < -0.39 is 0 Å². The molecular weight excluding hydrogens is 376 g/mol. The molecule has 2 aliphatic rings. The van der Waals surface area contributed by atoms with Crippen molar-refractivity contribution in [2.45, 2.75) is 25.0 Å². The van der Waals surface area contributed by atoms with Crippen molar-refractivity contribution in [2.24, 2.45) is 0 Å².